The highest BCUT2D eigenvalue weighted by Gasteiger charge is 2.31. The number of aliphatic hydroxyl groups excluding tert-OH is 1. The van der Waals surface area contributed by atoms with Crippen molar-refractivity contribution in [1.82, 2.24) is 9.21 Å². The Hall–Kier alpha value is -1.88. The summed E-state index contributed by atoms with van der Waals surface area (Å²) in [7, 11) is 1.98. The first-order valence-corrected chi connectivity index (χ1v) is 14.1. The van der Waals surface area contributed by atoms with E-state index in [1.165, 1.54) is 17.6 Å². The number of carbonyl (C=O) groups excluding carboxylic acids is 1. The van der Waals surface area contributed by atoms with Crippen molar-refractivity contribution < 1.29 is 27.8 Å². The number of benzene rings is 1. The van der Waals surface area contributed by atoms with Gasteiger partial charge in [0.2, 0.25) is 10.0 Å². The molecule has 0 bridgehead atoms. The molecule has 0 saturated carbocycles. The highest BCUT2D eigenvalue weighted by atomic mass is 32.2. The Morgan fingerprint density at radius 1 is 1.20 bits per heavy atom. The van der Waals surface area contributed by atoms with Gasteiger partial charge in [0.15, 0.2) is 0 Å². The summed E-state index contributed by atoms with van der Waals surface area (Å²) in [5, 5.41) is 9.96. The molecule has 4 atom stereocenters. The van der Waals surface area contributed by atoms with Crippen LogP contribution in [-0.4, -0.2) is 101 Å². The van der Waals surface area contributed by atoms with Gasteiger partial charge in [-0.25, -0.2) is 12.7 Å². The van der Waals surface area contributed by atoms with E-state index in [0.29, 0.717) is 24.5 Å². The monoisotopic (exact) mass is 513 g/mol. The van der Waals surface area contributed by atoms with Crippen LogP contribution in [0.3, 0.4) is 0 Å². The van der Waals surface area contributed by atoms with Crippen molar-refractivity contribution in [2.75, 3.05) is 58.6 Å². The maximum absolute atomic E-state index is 13.9. The quantitative estimate of drug-likeness (QED) is 0.624. The smallest absolute Gasteiger partial charge is 0.258 e. The van der Waals surface area contributed by atoms with E-state index in [-0.39, 0.29) is 31.1 Å². The molecule has 9 nitrogen and oxygen atoms in total. The third-order valence-electron chi connectivity index (χ3n) is 6.55. The van der Waals surface area contributed by atoms with E-state index in [0.717, 1.165) is 24.9 Å². The molecule has 35 heavy (non-hydrogen) atoms. The van der Waals surface area contributed by atoms with Gasteiger partial charge in [0.25, 0.3) is 5.91 Å². The van der Waals surface area contributed by atoms with E-state index in [1.54, 1.807) is 11.8 Å². The molecule has 0 aromatic heterocycles. The summed E-state index contributed by atoms with van der Waals surface area (Å²) in [5.41, 5.74) is 1.31. The standard InChI is InChI=1S/C25H43N3O6S/c1-18-15-28(19(2)17-29)25(30)22-14-21(26(4)5)11-12-23(22)34-20(3)10-8-9-13-33-24(18)16-27(6)35(7,31)32/h11-12,14,18-20,24,29H,8-10,13,15-17H2,1-7H3/t18-,19-,20+,24+/m0/s1. The summed E-state index contributed by atoms with van der Waals surface area (Å²) in [4.78, 5) is 17.5. The van der Waals surface area contributed by atoms with Crippen LogP contribution in [0.1, 0.15) is 50.4 Å². The van der Waals surface area contributed by atoms with E-state index < -0.39 is 22.2 Å². The number of nitrogens with zero attached hydrogens (tertiary/aromatic N) is 3. The minimum Gasteiger partial charge on any atom is -0.490 e. The van der Waals surface area contributed by atoms with Crippen molar-refractivity contribution in [1.29, 1.82) is 0 Å². The van der Waals surface area contributed by atoms with E-state index in [2.05, 4.69) is 0 Å². The number of sulfonamides is 1. The van der Waals surface area contributed by atoms with Gasteiger partial charge in [-0.3, -0.25) is 4.79 Å². The number of carbonyl (C=O) groups is 1. The van der Waals surface area contributed by atoms with Gasteiger partial charge in [-0.1, -0.05) is 6.92 Å². The van der Waals surface area contributed by atoms with Crippen molar-refractivity contribution in [3.05, 3.63) is 23.8 Å². The normalized spacial score (nSPS) is 23.9. The van der Waals surface area contributed by atoms with Crippen LogP contribution in [0.5, 0.6) is 5.75 Å². The maximum Gasteiger partial charge on any atom is 0.258 e. The second-order valence-corrected chi connectivity index (χ2v) is 12.0. The number of fused-ring (bicyclic) bond motifs is 1. The average Bonchev–Trinajstić information content (AvgIpc) is 2.79. The number of amides is 1. The third-order valence-corrected chi connectivity index (χ3v) is 7.84. The zero-order chi connectivity index (χ0) is 26.3. The number of hydrogen-bond donors (Lipinski definition) is 1. The summed E-state index contributed by atoms with van der Waals surface area (Å²) in [6.07, 6.45) is 3.18. The molecule has 0 unspecified atom stereocenters. The minimum absolute atomic E-state index is 0.0931. The second-order valence-electron chi connectivity index (χ2n) is 9.92. The maximum atomic E-state index is 13.9. The average molecular weight is 514 g/mol. The van der Waals surface area contributed by atoms with Crippen molar-refractivity contribution in [3.8, 4) is 5.75 Å². The molecule has 1 heterocycles. The fraction of sp³-hybridized carbons (Fsp3) is 0.720. The Kier molecular flexibility index (Phi) is 10.8. The van der Waals surface area contributed by atoms with E-state index in [1.807, 2.05) is 51.0 Å². The molecule has 0 radical (unpaired) electrons. The van der Waals surface area contributed by atoms with Crippen LogP contribution in [0.25, 0.3) is 0 Å². The molecule has 1 aliphatic rings. The molecule has 2 rings (SSSR count). The molecule has 0 aliphatic carbocycles. The molecule has 0 spiro atoms. The number of anilines is 1. The van der Waals surface area contributed by atoms with Crippen LogP contribution >= 0.6 is 0 Å². The van der Waals surface area contributed by atoms with Crippen LogP contribution in [0.4, 0.5) is 5.69 Å². The fourth-order valence-electron chi connectivity index (χ4n) is 4.04. The van der Waals surface area contributed by atoms with Crippen molar-refractivity contribution >= 4 is 21.6 Å². The van der Waals surface area contributed by atoms with Gasteiger partial charge in [-0.2, -0.15) is 0 Å². The molecule has 1 aromatic rings. The Balaban J connectivity index is 2.49. The van der Waals surface area contributed by atoms with Gasteiger partial charge < -0.3 is 24.4 Å². The lowest BCUT2D eigenvalue weighted by Gasteiger charge is -2.35. The molecular weight excluding hydrogens is 470 g/mol. The predicted molar refractivity (Wildman–Crippen MR) is 139 cm³/mol. The molecular formula is C25H43N3O6S. The molecule has 1 amide bonds. The molecule has 0 saturated heterocycles. The summed E-state index contributed by atoms with van der Waals surface area (Å²) < 4.78 is 37.8. The minimum atomic E-state index is -3.38. The number of ether oxygens (including phenoxy) is 2. The molecule has 1 aromatic carbocycles. The third kappa shape index (κ3) is 8.34. The van der Waals surface area contributed by atoms with Gasteiger partial charge in [-0.15, -0.1) is 0 Å². The van der Waals surface area contributed by atoms with E-state index in [9.17, 15) is 18.3 Å². The highest BCUT2D eigenvalue weighted by molar-refractivity contribution is 7.88. The number of hydrogen-bond acceptors (Lipinski definition) is 7. The number of rotatable bonds is 6. The fourth-order valence-corrected chi connectivity index (χ4v) is 4.46. The topological polar surface area (TPSA) is 99.6 Å². The first kappa shape index (κ1) is 29.4. The Morgan fingerprint density at radius 2 is 1.89 bits per heavy atom. The first-order chi connectivity index (χ1) is 16.3. The highest BCUT2D eigenvalue weighted by Crippen LogP contribution is 2.29. The van der Waals surface area contributed by atoms with Crippen molar-refractivity contribution in [2.24, 2.45) is 5.92 Å². The van der Waals surface area contributed by atoms with Gasteiger partial charge in [-0.05, 0) is 51.3 Å². The summed E-state index contributed by atoms with van der Waals surface area (Å²) in [6.45, 7) is 6.51. The van der Waals surface area contributed by atoms with Crippen molar-refractivity contribution in [3.63, 3.8) is 0 Å². The van der Waals surface area contributed by atoms with Crippen LogP contribution in [0.2, 0.25) is 0 Å². The van der Waals surface area contributed by atoms with E-state index in [4.69, 9.17) is 9.47 Å². The first-order valence-electron chi connectivity index (χ1n) is 12.3. The largest absolute Gasteiger partial charge is 0.490 e. The van der Waals surface area contributed by atoms with Crippen LogP contribution < -0.4 is 9.64 Å². The Morgan fingerprint density at radius 3 is 2.49 bits per heavy atom. The molecule has 0 fully saturated rings. The molecule has 10 heteroatoms. The van der Waals surface area contributed by atoms with Gasteiger partial charge >= 0.3 is 0 Å². The Labute approximate surface area is 211 Å². The molecule has 1 N–H and O–H groups in total. The zero-order valence-corrected chi connectivity index (χ0v) is 23.0. The lowest BCUT2D eigenvalue weighted by molar-refractivity contribution is -0.00828. The zero-order valence-electron chi connectivity index (χ0n) is 22.2. The van der Waals surface area contributed by atoms with Crippen molar-refractivity contribution in [2.45, 2.75) is 58.3 Å². The SMILES string of the molecule is C[C@@H]1CCCCO[C@H](CN(C)S(C)(=O)=O)[C@@H](C)CN([C@@H](C)CO)C(=O)c2cc(N(C)C)ccc2O1. The molecule has 200 valence electrons. The van der Waals surface area contributed by atoms with Gasteiger partial charge in [0.1, 0.15) is 5.75 Å². The van der Waals surface area contributed by atoms with E-state index >= 15 is 0 Å². The van der Waals surface area contributed by atoms with Gasteiger partial charge in [0.05, 0.1) is 36.7 Å². The van der Waals surface area contributed by atoms with Crippen LogP contribution in [-0.2, 0) is 14.8 Å². The lowest BCUT2D eigenvalue weighted by atomic mass is 10.0. The summed E-state index contributed by atoms with van der Waals surface area (Å²) >= 11 is 0. The number of likely N-dealkylation sites (N-methyl/N-ethyl adjacent to an activating group) is 1. The summed E-state index contributed by atoms with van der Waals surface area (Å²) in [5.74, 6) is 0.106. The summed E-state index contributed by atoms with van der Waals surface area (Å²) in [6, 6.07) is 5.14. The number of aliphatic hydroxyl groups is 1. The van der Waals surface area contributed by atoms with Gasteiger partial charge in [0, 0.05) is 52.4 Å². The predicted octanol–water partition coefficient (Wildman–Crippen LogP) is 2.44. The Bertz CT molecular complexity index is 939. The van der Waals surface area contributed by atoms with Crippen LogP contribution in [0.15, 0.2) is 18.2 Å². The molecule has 1 aliphatic heterocycles. The second kappa shape index (κ2) is 12.9. The van der Waals surface area contributed by atoms with Crippen LogP contribution in [0, 0.1) is 5.92 Å². The lowest BCUT2D eigenvalue weighted by Crippen LogP contribution is -2.47.